The lowest BCUT2D eigenvalue weighted by atomic mass is 9.98. The van der Waals surface area contributed by atoms with Crippen molar-refractivity contribution in [2.24, 2.45) is 5.92 Å². The maximum Gasteiger partial charge on any atom is 0.407 e. The Hall–Kier alpha value is -4.04. The molecule has 0 saturated carbocycles. The quantitative estimate of drug-likeness (QED) is 0.120. The van der Waals surface area contributed by atoms with E-state index < -0.39 is 30.1 Å². The van der Waals surface area contributed by atoms with Crippen LogP contribution < -0.4 is 16.0 Å². The molecule has 2 aromatic carbocycles. The van der Waals surface area contributed by atoms with Gasteiger partial charge in [-0.05, 0) is 47.4 Å². The molecule has 2 aromatic rings. The van der Waals surface area contributed by atoms with E-state index in [1.54, 1.807) is 21.0 Å². The van der Waals surface area contributed by atoms with Crippen LogP contribution in [0.4, 0.5) is 4.79 Å². The molecule has 4 N–H and O–H groups in total. The number of nitrogens with one attached hydrogen (secondary N) is 3. The van der Waals surface area contributed by atoms with Gasteiger partial charge in [-0.25, -0.2) is 9.59 Å². The lowest BCUT2D eigenvalue weighted by Crippen LogP contribution is -2.53. The van der Waals surface area contributed by atoms with Gasteiger partial charge in [0.05, 0.1) is 46.2 Å². The molecule has 0 bridgehead atoms. The van der Waals surface area contributed by atoms with Gasteiger partial charge < -0.3 is 44.7 Å². The molecule has 0 unspecified atom stereocenters. The topological polar surface area (TPSA) is 171 Å². The standard InChI is InChI=1S/C36H51N3O10/c1-25(2)33(39-36(44)49-24-30-28-12-6-4-10-26(28)27-11-5-7-13-29(27)30)34(41)38-31(35(42)43)14-8-9-16-37-32(40)15-17-46-20-21-48-23-22-47-19-18-45-3/h4-7,10-13,25,30-31,33H,8-9,14-24H2,1-3H3,(H,37,40)(H,38,41)(H,39,44)(H,42,43)/t31-,33-/m0/s1. The third-order valence-electron chi connectivity index (χ3n) is 8.07. The first-order chi connectivity index (χ1) is 23.7. The SMILES string of the molecule is COCCOCCOCCOCCC(=O)NCCCC[C@H](NC(=O)[C@@H](NC(=O)OCC1c2ccccc2-c2ccccc21)C(C)C)C(=O)O. The van der Waals surface area contributed by atoms with E-state index in [1.807, 2.05) is 48.5 Å². The van der Waals surface area contributed by atoms with E-state index in [0.29, 0.717) is 59.0 Å². The van der Waals surface area contributed by atoms with Gasteiger partial charge in [-0.2, -0.15) is 0 Å². The number of carbonyl (C=O) groups excluding carboxylic acids is 3. The molecule has 1 aliphatic carbocycles. The van der Waals surface area contributed by atoms with Crippen LogP contribution in [0.3, 0.4) is 0 Å². The van der Waals surface area contributed by atoms with Gasteiger partial charge in [-0.3, -0.25) is 9.59 Å². The Bertz CT molecular complexity index is 1290. The van der Waals surface area contributed by atoms with Crippen molar-refractivity contribution < 1.29 is 48.0 Å². The highest BCUT2D eigenvalue weighted by Crippen LogP contribution is 2.44. The van der Waals surface area contributed by atoms with Crippen LogP contribution in [0, 0.1) is 5.92 Å². The number of hydrogen-bond acceptors (Lipinski definition) is 9. The van der Waals surface area contributed by atoms with Gasteiger partial charge in [0.1, 0.15) is 18.7 Å². The number of alkyl carbamates (subject to hydrolysis) is 1. The van der Waals surface area contributed by atoms with Crippen molar-refractivity contribution in [2.75, 3.05) is 66.5 Å². The second-order valence-electron chi connectivity index (χ2n) is 12.0. The predicted molar refractivity (Wildman–Crippen MR) is 182 cm³/mol. The number of carbonyl (C=O) groups is 4. The molecule has 0 aromatic heterocycles. The Morgan fingerprint density at radius 2 is 1.35 bits per heavy atom. The average molecular weight is 686 g/mol. The highest BCUT2D eigenvalue weighted by molar-refractivity contribution is 5.89. The summed E-state index contributed by atoms with van der Waals surface area (Å²) in [7, 11) is 1.61. The van der Waals surface area contributed by atoms with E-state index in [2.05, 4.69) is 16.0 Å². The van der Waals surface area contributed by atoms with Crippen molar-refractivity contribution >= 4 is 23.9 Å². The number of carboxylic acids is 1. The van der Waals surface area contributed by atoms with Gasteiger partial charge in [0.2, 0.25) is 11.8 Å². The first-order valence-electron chi connectivity index (χ1n) is 16.9. The third-order valence-corrected chi connectivity index (χ3v) is 8.07. The molecule has 0 radical (unpaired) electrons. The molecule has 0 heterocycles. The Morgan fingerprint density at radius 3 is 1.92 bits per heavy atom. The van der Waals surface area contributed by atoms with Crippen LogP contribution in [0.2, 0.25) is 0 Å². The van der Waals surface area contributed by atoms with Gasteiger partial charge in [0.15, 0.2) is 0 Å². The fraction of sp³-hybridized carbons (Fsp3) is 0.556. The Balaban J connectivity index is 1.32. The summed E-state index contributed by atoms with van der Waals surface area (Å²) >= 11 is 0. The normalized spacial score (nSPS) is 13.3. The van der Waals surface area contributed by atoms with Crippen molar-refractivity contribution in [3.8, 4) is 11.1 Å². The van der Waals surface area contributed by atoms with Crippen LogP contribution in [0.25, 0.3) is 11.1 Å². The molecule has 49 heavy (non-hydrogen) atoms. The molecule has 13 nitrogen and oxygen atoms in total. The minimum atomic E-state index is -1.18. The molecule has 1 aliphatic rings. The van der Waals surface area contributed by atoms with E-state index in [-0.39, 0.29) is 43.8 Å². The second-order valence-corrected chi connectivity index (χ2v) is 12.0. The van der Waals surface area contributed by atoms with E-state index in [1.165, 1.54) is 0 Å². The fourth-order valence-corrected chi connectivity index (χ4v) is 5.46. The van der Waals surface area contributed by atoms with Gasteiger partial charge >= 0.3 is 12.1 Å². The Morgan fingerprint density at radius 1 is 0.776 bits per heavy atom. The number of methoxy groups -OCH3 is 1. The van der Waals surface area contributed by atoms with Gasteiger partial charge in [-0.1, -0.05) is 62.4 Å². The average Bonchev–Trinajstić information content (AvgIpc) is 3.41. The van der Waals surface area contributed by atoms with Crippen LogP contribution in [-0.2, 0) is 38.1 Å². The number of aliphatic carboxylic acids is 1. The first-order valence-corrected chi connectivity index (χ1v) is 16.9. The monoisotopic (exact) mass is 685 g/mol. The summed E-state index contributed by atoms with van der Waals surface area (Å²) in [5.74, 6) is -2.42. The van der Waals surface area contributed by atoms with E-state index in [0.717, 1.165) is 22.3 Å². The maximum absolute atomic E-state index is 13.1. The van der Waals surface area contributed by atoms with Crippen LogP contribution in [0.15, 0.2) is 48.5 Å². The van der Waals surface area contributed by atoms with Gasteiger partial charge in [-0.15, -0.1) is 0 Å². The predicted octanol–water partition coefficient (Wildman–Crippen LogP) is 3.49. The van der Waals surface area contributed by atoms with Crippen molar-refractivity contribution in [2.45, 2.75) is 57.5 Å². The Labute approximate surface area is 288 Å². The van der Waals surface area contributed by atoms with Crippen molar-refractivity contribution in [1.29, 1.82) is 0 Å². The largest absolute Gasteiger partial charge is 0.480 e. The summed E-state index contributed by atoms with van der Waals surface area (Å²) in [5.41, 5.74) is 4.35. The molecule has 0 spiro atoms. The summed E-state index contributed by atoms with van der Waals surface area (Å²) in [4.78, 5) is 50.0. The number of hydrogen-bond donors (Lipinski definition) is 4. The lowest BCUT2D eigenvalue weighted by Gasteiger charge is -2.24. The smallest absolute Gasteiger partial charge is 0.407 e. The van der Waals surface area contributed by atoms with Crippen molar-refractivity contribution in [3.63, 3.8) is 0 Å². The molecule has 3 rings (SSSR count). The molecular weight excluding hydrogens is 634 g/mol. The van der Waals surface area contributed by atoms with Crippen molar-refractivity contribution in [1.82, 2.24) is 16.0 Å². The zero-order chi connectivity index (χ0) is 35.4. The molecule has 3 amide bonds. The summed E-state index contributed by atoms with van der Waals surface area (Å²) in [6.07, 6.45) is 0.579. The number of rotatable bonds is 24. The summed E-state index contributed by atoms with van der Waals surface area (Å²) in [5, 5.41) is 17.7. The number of unbranched alkanes of at least 4 members (excludes halogenated alkanes) is 1. The number of ether oxygens (including phenoxy) is 5. The maximum atomic E-state index is 13.1. The van der Waals surface area contributed by atoms with E-state index in [9.17, 15) is 24.3 Å². The molecular formula is C36H51N3O10. The van der Waals surface area contributed by atoms with E-state index in [4.69, 9.17) is 23.7 Å². The molecule has 0 aliphatic heterocycles. The fourth-order valence-electron chi connectivity index (χ4n) is 5.46. The second kappa shape index (κ2) is 21.8. The van der Waals surface area contributed by atoms with Gasteiger partial charge in [0.25, 0.3) is 0 Å². The molecule has 270 valence electrons. The molecule has 0 saturated heterocycles. The highest BCUT2D eigenvalue weighted by atomic mass is 16.6. The van der Waals surface area contributed by atoms with E-state index >= 15 is 0 Å². The molecule has 13 heteroatoms. The number of amides is 3. The summed E-state index contributed by atoms with van der Waals surface area (Å²) in [6.45, 7) is 6.99. The highest BCUT2D eigenvalue weighted by Gasteiger charge is 2.31. The van der Waals surface area contributed by atoms with Crippen molar-refractivity contribution in [3.05, 3.63) is 59.7 Å². The van der Waals surface area contributed by atoms with Crippen LogP contribution in [0.1, 0.15) is 56.6 Å². The number of carboxylic acid groups (broad SMARTS) is 1. The van der Waals surface area contributed by atoms with Crippen LogP contribution in [-0.4, -0.2) is 108 Å². The summed E-state index contributed by atoms with van der Waals surface area (Å²) in [6, 6.07) is 13.8. The van der Waals surface area contributed by atoms with Crippen LogP contribution >= 0.6 is 0 Å². The van der Waals surface area contributed by atoms with Gasteiger partial charge in [0, 0.05) is 26.0 Å². The lowest BCUT2D eigenvalue weighted by molar-refractivity contribution is -0.142. The summed E-state index contributed by atoms with van der Waals surface area (Å²) < 4.78 is 26.6. The zero-order valence-electron chi connectivity index (χ0n) is 28.7. The first kappa shape index (κ1) is 39.4. The molecule has 0 fully saturated rings. The minimum absolute atomic E-state index is 0.0923. The minimum Gasteiger partial charge on any atom is -0.480 e. The Kier molecular flexibility index (Phi) is 17.6. The van der Waals surface area contributed by atoms with Crippen LogP contribution in [0.5, 0.6) is 0 Å². The third kappa shape index (κ3) is 13.4. The zero-order valence-corrected chi connectivity index (χ0v) is 28.7. The molecule has 2 atom stereocenters. The number of benzene rings is 2. The number of fused-ring (bicyclic) bond motifs is 3.